The molecule has 1 aliphatic rings. The summed E-state index contributed by atoms with van der Waals surface area (Å²) >= 11 is 7.59. The van der Waals surface area contributed by atoms with Crippen LogP contribution in [-0.4, -0.2) is 57.2 Å². The quantitative estimate of drug-likeness (QED) is 0.575. The van der Waals surface area contributed by atoms with Crippen LogP contribution in [0.1, 0.15) is 5.56 Å². The lowest BCUT2D eigenvalue weighted by atomic mass is 10.2. The number of hydrogen-bond acceptors (Lipinski definition) is 4. The van der Waals surface area contributed by atoms with E-state index in [9.17, 15) is 9.18 Å². The molecule has 1 fully saturated rings. The molecule has 0 radical (unpaired) electrons. The second-order valence-electron chi connectivity index (χ2n) is 7.09. The second-order valence-corrected chi connectivity index (χ2v) is 8.44. The molecule has 4 rings (SSSR count). The van der Waals surface area contributed by atoms with Gasteiger partial charge in [0.25, 0.3) is 0 Å². The van der Waals surface area contributed by atoms with Crippen molar-refractivity contribution in [1.29, 1.82) is 0 Å². The number of hydrogen-bond donors (Lipinski definition) is 0. The van der Waals surface area contributed by atoms with E-state index in [1.54, 1.807) is 12.1 Å². The third-order valence-corrected chi connectivity index (χ3v) is 6.61. The minimum Gasteiger partial charge on any atom is -0.339 e. The first kappa shape index (κ1) is 20.2. The van der Waals surface area contributed by atoms with Crippen LogP contribution in [0.25, 0.3) is 11.0 Å². The van der Waals surface area contributed by atoms with Crippen LogP contribution in [-0.2, 0) is 18.4 Å². The van der Waals surface area contributed by atoms with Crippen LogP contribution in [0.3, 0.4) is 0 Å². The van der Waals surface area contributed by atoms with Crippen molar-refractivity contribution in [2.24, 2.45) is 7.05 Å². The van der Waals surface area contributed by atoms with Crippen molar-refractivity contribution >= 4 is 40.3 Å². The summed E-state index contributed by atoms with van der Waals surface area (Å²) in [5.41, 5.74) is 2.51. The number of piperazine rings is 1. The van der Waals surface area contributed by atoms with E-state index in [2.05, 4.69) is 9.88 Å². The SMILES string of the molecule is Cn1c(SCC(=O)N2CCN(Cc3c(F)cccc3Cl)CC2)nc2ccccc21. The number of carbonyl (C=O) groups is 1. The number of aryl methyl sites for hydroxylation is 1. The maximum absolute atomic E-state index is 14.0. The number of imidazole rings is 1. The fourth-order valence-corrected chi connectivity index (χ4v) is 4.65. The van der Waals surface area contributed by atoms with E-state index in [0.717, 1.165) is 16.2 Å². The highest BCUT2D eigenvalue weighted by molar-refractivity contribution is 7.99. The number of fused-ring (bicyclic) bond motifs is 1. The zero-order valence-electron chi connectivity index (χ0n) is 16.1. The number of benzene rings is 2. The van der Waals surface area contributed by atoms with Crippen LogP contribution in [0.4, 0.5) is 4.39 Å². The van der Waals surface area contributed by atoms with Gasteiger partial charge in [-0.3, -0.25) is 9.69 Å². The van der Waals surface area contributed by atoms with E-state index < -0.39 is 0 Å². The number of thioether (sulfide) groups is 1. The average Bonchev–Trinajstić information content (AvgIpc) is 3.05. The maximum Gasteiger partial charge on any atom is 0.233 e. The fraction of sp³-hybridized carbons (Fsp3) is 0.333. The Morgan fingerprint density at radius 1 is 1.14 bits per heavy atom. The standard InChI is InChI=1S/C21H22ClFN4OS/c1-25-19-8-3-2-7-18(19)24-21(25)29-14-20(28)27-11-9-26(10-12-27)13-15-16(22)5-4-6-17(15)23/h2-8H,9-14H2,1H3. The molecule has 0 N–H and O–H groups in total. The molecule has 3 aromatic rings. The van der Waals surface area contributed by atoms with Crippen molar-refractivity contribution in [1.82, 2.24) is 19.4 Å². The number of aromatic nitrogens is 2. The second kappa shape index (κ2) is 8.73. The van der Waals surface area contributed by atoms with E-state index in [-0.39, 0.29) is 11.7 Å². The molecule has 0 saturated carbocycles. The van der Waals surface area contributed by atoms with Crippen molar-refractivity contribution in [3.8, 4) is 0 Å². The zero-order chi connectivity index (χ0) is 20.4. The summed E-state index contributed by atoms with van der Waals surface area (Å²) in [7, 11) is 1.97. The molecule has 5 nitrogen and oxygen atoms in total. The van der Waals surface area contributed by atoms with Gasteiger partial charge in [-0.25, -0.2) is 9.37 Å². The molecule has 0 aliphatic carbocycles. The highest BCUT2D eigenvalue weighted by Crippen LogP contribution is 2.24. The van der Waals surface area contributed by atoms with Gasteiger partial charge in [0.15, 0.2) is 5.16 Å². The van der Waals surface area contributed by atoms with Gasteiger partial charge in [-0.05, 0) is 24.3 Å². The number of nitrogens with zero attached hydrogens (tertiary/aromatic N) is 4. The Morgan fingerprint density at radius 2 is 1.90 bits per heavy atom. The van der Waals surface area contributed by atoms with Crippen molar-refractivity contribution < 1.29 is 9.18 Å². The van der Waals surface area contributed by atoms with E-state index in [1.165, 1.54) is 17.8 Å². The highest BCUT2D eigenvalue weighted by Gasteiger charge is 2.23. The Morgan fingerprint density at radius 3 is 2.62 bits per heavy atom. The number of rotatable bonds is 5. The van der Waals surface area contributed by atoms with Gasteiger partial charge in [-0.1, -0.05) is 41.6 Å². The summed E-state index contributed by atoms with van der Waals surface area (Å²) in [5, 5.41) is 1.29. The zero-order valence-corrected chi connectivity index (χ0v) is 17.7. The van der Waals surface area contributed by atoms with Crippen molar-refractivity contribution in [2.75, 3.05) is 31.9 Å². The van der Waals surface area contributed by atoms with Crippen molar-refractivity contribution in [3.63, 3.8) is 0 Å². The molecule has 0 unspecified atom stereocenters. The third-order valence-electron chi connectivity index (χ3n) is 5.24. The van der Waals surface area contributed by atoms with Gasteiger partial charge in [0.1, 0.15) is 5.82 Å². The molecular formula is C21H22ClFN4OS. The van der Waals surface area contributed by atoms with Gasteiger partial charge in [0.05, 0.1) is 16.8 Å². The third kappa shape index (κ3) is 4.42. The van der Waals surface area contributed by atoms with Crippen LogP contribution in [0.5, 0.6) is 0 Å². The molecular weight excluding hydrogens is 411 g/mol. The number of amides is 1. The smallest absolute Gasteiger partial charge is 0.233 e. The lowest BCUT2D eigenvalue weighted by molar-refractivity contribution is -0.130. The molecule has 1 aromatic heterocycles. The monoisotopic (exact) mass is 432 g/mol. The lowest BCUT2D eigenvalue weighted by Gasteiger charge is -2.34. The number of halogens is 2. The molecule has 2 heterocycles. The van der Waals surface area contributed by atoms with Crippen LogP contribution in [0, 0.1) is 5.82 Å². The summed E-state index contributed by atoms with van der Waals surface area (Å²) in [4.78, 5) is 21.2. The molecule has 29 heavy (non-hydrogen) atoms. The lowest BCUT2D eigenvalue weighted by Crippen LogP contribution is -2.48. The Kier molecular flexibility index (Phi) is 6.08. The maximum atomic E-state index is 14.0. The minimum absolute atomic E-state index is 0.102. The van der Waals surface area contributed by atoms with Crippen LogP contribution >= 0.6 is 23.4 Å². The van der Waals surface area contributed by atoms with Crippen molar-refractivity contribution in [3.05, 3.63) is 58.9 Å². The molecule has 1 aliphatic heterocycles. The van der Waals surface area contributed by atoms with Gasteiger partial charge in [-0.15, -0.1) is 0 Å². The Bertz CT molecular complexity index is 1010. The first-order valence-electron chi connectivity index (χ1n) is 9.50. The normalized spacial score (nSPS) is 15.2. The minimum atomic E-state index is -0.283. The van der Waals surface area contributed by atoms with Gasteiger partial charge in [0.2, 0.25) is 5.91 Å². The predicted octanol–water partition coefficient (Wildman–Crippen LogP) is 3.80. The summed E-state index contributed by atoms with van der Waals surface area (Å²) in [6.07, 6.45) is 0. The average molecular weight is 433 g/mol. The summed E-state index contributed by atoms with van der Waals surface area (Å²) in [5.74, 6) is 0.177. The molecule has 0 bridgehead atoms. The molecule has 2 aromatic carbocycles. The van der Waals surface area contributed by atoms with E-state index in [0.29, 0.717) is 49.1 Å². The Hall–Kier alpha value is -2.09. The van der Waals surface area contributed by atoms with E-state index in [4.69, 9.17) is 11.6 Å². The van der Waals surface area contributed by atoms with Crippen LogP contribution in [0.15, 0.2) is 47.6 Å². The Labute approximate surface area is 178 Å². The molecule has 8 heteroatoms. The summed E-state index contributed by atoms with van der Waals surface area (Å²) < 4.78 is 16.0. The van der Waals surface area contributed by atoms with Gasteiger partial charge < -0.3 is 9.47 Å². The van der Waals surface area contributed by atoms with E-state index >= 15 is 0 Å². The molecule has 0 spiro atoms. The number of para-hydroxylation sites is 2. The van der Waals surface area contributed by atoms with Crippen LogP contribution < -0.4 is 0 Å². The fourth-order valence-electron chi connectivity index (χ4n) is 3.53. The molecule has 0 atom stereocenters. The molecule has 1 amide bonds. The Balaban J connectivity index is 1.30. The van der Waals surface area contributed by atoms with Gasteiger partial charge in [0, 0.05) is 50.4 Å². The predicted molar refractivity (Wildman–Crippen MR) is 115 cm³/mol. The highest BCUT2D eigenvalue weighted by atomic mass is 35.5. The molecule has 152 valence electrons. The number of carbonyl (C=O) groups excluding carboxylic acids is 1. The van der Waals surface area contributed by atoms with E-state index in [1.807, 2.05) is 40.8 Å². The summed E-state index contributed by atoms with van der Waals surface area (Å²) in [6, 6.07) is 12.7. The first-order chi connectivity index (χ1) is 14.0. The van der Waals surface area contributed by atoms with Gasteiger partial charge >= 0.3 is 0 Å². The largest absolute Gasteiger partial charge is 0.339 e. The van der Waals surface area contributed by atoms with Gasteiger partial charge in [-0.2, -0.15) is 0 Å². The first-order valence-corrected chi connectivity index (χ1v) is 10.9. The van der Waals surface area contributed by atoms with Crippen molar-refractivity contribution in [2.45, 2.75) is 11.7 Å². The summed E-state index contributed by atoms with van der Waals surface area (Å²) in [6.45, 7) is 3.13. The van der Waals surface area contributed by atoms with Crippen LogP contribution in [0.2, 0.25) is 5.02 Å². The molecule has 1 saturated heterocycles. The topological polar surface area (TPSA) is 41.4 Å².